The van der Waals surface area contributed by atoms with Gasteiger partial charge >= 0.3 is 0 Å². The Morgan fingerprint density at radius 1 is 1.55 bits per heavy atom. The molecule has 0 spiro atoms. The summed E-state index contributed by atoms with van der Waals surface area (Å²) in [5.41, 5.74) is 0. The van der Waals surface area contributed by atoms with E-state index in [0.717, 1.165) is 0 Å². The van der Waals surface area contributed by atoms with Crippen molar-refractivity contribution in [2.45, 2.75) is 18.2 Å². The van der Waals surface area contributed by atoms with Crippen LogP contribution in [-0.4, -0.2) is 53.5 Å². The highest BCUT2D eigenvalue weighted by Gasteiger charge is 2.23. The van der Waals surface area contributed by atoms with Crippen molar-refractivity contribution in [1.29, 1.82) is 0 Å². The summed E-state index contributed by atoms with van der Waals surface area (Å²) in [7, 11) is 1.48. The number of hydrogen-bond acceptors (Lipinski definition) is 5. The second-order valence-electron chi connectivity index (χ2n) is 2.19. The highest BCUT2D eigenvalue weighted by Crippen LogP contribution is 1.96. The third kappa shape index (κ3) is 2.94. The Balaban J connectivity index is 4.02. The van der Waals surface area contributed by atoms with Gasteiger partial charge < -0.3 is 25.4 Å². The monoisotopic (exact) mass is 163 g/mol. The number of carbonyl (C=O) groups excluding carboxylic acids is 1. The van der Waals surface area contributed by atoms with Gasteiger partial charge in [0.25, 0.3) is 0 Å². The molecule has 5 nitrogen and oxygen atoms in total. The van der Waals surface area contributed by atoms with Crippen molar-refractivity contribution in [3.05, 3.63) is 0 Å². The summed E-state index contributed by atoms with van der Waals surface area (Å²) in [6.45, 7) is -0.490. The van der Waals surface area contributed by atoms with Gasteiger partial charge in [-0.05, 0) is 7.05 Å². The summed E-state index contributed by atoms with van der Waals surface area (Å²) in [4.78, 5) is 10.0. The van der Waals surface area contributed by atoms with Crippen LogP contribution in [0.1, 0.15) is 0 Å². The molecule has 11 heavy (non-hydrogen) atoms. The molecule has 4 N–H and O–H groups in total. The minimum absolute atomic E-state index is 0.306. The van der Waals surface area contributed by atoms with E-state index < -0.39 is 24.9 Å². The van der Waals surface area contributed by atoms with Gasteiger partial charge in [0.15, 0.2) is 0 Å². The molecular weight excluding hydrogens is 150 g/mol. The van der Waals surface area contributed by atoms with Crippen molar-refractivity contribution in [2.24, 2.45) is 0 Å². The molecule has 0 rings (SSSR count). The van der Waals surface area contributed by atoms with Crippen molar-refractivity contribution in [1.82, 2.24) is 5.32 Å². The van der Waals surface area contributed by atoms with E-state index in [9.17, 15) is 4.79 Å². The smallest absolute Gasteiger partial charge is 0.150 e. The summed E-state index contributed by atoms with van der Waals surface area (Å²) >= 11 is 0. The van der Waals surface area contributed by atoms with Gasteiger partial charge in [-0.3, -0.25) is 0 Å². The van der Waals surface area contributed by atoms with Gasteiger partial charge in [0, 0.05) is 0 Å². The van der Waals surface area contributed by atoms with E-state index in [2.05, 4.69) is 5.32 Å². The molecule has 0 fully saturated rings. The number of hydrogen-bond donors (Lipinski definition) is 4. The molecule has 0 bridgehead atoms. The van der Waals surface area contributed by atoms with Gasteiger partial charge in [0.05, 0.1) is 18.8 Å². The van der Waals surface area contributed by atoms with Crippen molar-refractivity contribution in [3.8, 4) is 0 Å². The summed E-state index contributed by atoms with van der Waals surface area (Å²) in [5, 5.41) is 28.9. The summed E-state index contributed by atoms with van der Waals surface area (Å²) < 4.78 is 0. The van der Waals surface area contributed by atoms with E-state index in [4.69, 9.17) is 15.3 Å². The van der Waals surface area contributed by atoms with Crippen molar-refractivity contribution >= 4 is 6.29 Å². The highest BCUT2D eigenvalue weighted by molar-refractivity contribution is 5.57. The van der Waals surface area contributed by atoms with Crippen LogP contribution < -0.4 is 5.32 Å². The maximum Gasteiger partial charge on any atom is 0.150 e. The maximum atomic E-state index is 10.0. The lowest BCUT2D eigenvalue weighted by molar-refractivity contribution is -0.118. The molecular formula is C6H13NO4. The lowest BCUT2D eigenvalue weighted by atomic mass is 10.1. The Hall–Kier alpha value is -0.490. The first-order chi connectivity index (χ1) is 5.17. The molecule has 0 aliphatic heterocycles. The lowest BCUT2D eigenvalue weighted by Gasteiger charge is -2.22. The van der Waals surface area contributed by atoms with Crippen LogP contribution in [0.3, 0.4) is 0 Å². The molecule has 3 atom stereocenters. The van der Waals surface area contributed by atoms with Gasteiger partial charge in [-0.25, -0.2) is 0 Å². The molecule has 0 aromatic heterocycles. The zero-order valence-corrected chi connectivity index (χ0v) is 6.27. The third-order valence-electron chi connectivity index (χ3n) is 1.44. The number of aldehydes is 1. The SMILES string of the molecule is CN[C@@H]([C@H](O)CO)[C@@H](O)C=O. The molecule has 0 heterocycles. The Labute approximate surface area is 64.7 Å². The van der Waals surface area contributed by atoms with E-state index in [1.807, 2.05) is 0 Å². The van der Waals surface area contributed by atoms with Crippen LogP contribution in [0, 0.1) is 0 Å². The summed E-state index contributed by atoms with van der Waals surface area (Å²) in [5.74, 6) is 0. The van der Waals surface area contributed by atoms with Crippen LogP contribution in [0.4, 0.5) is 0 Å². The van der Waals surface area contributed by atoms with Gasteiger partial charge in [-0.2, -0.15) is 0 Å². The van der Waals surface area contributed by atoms with Crippen LogP contribution in [0.5, 0.6) is 0 Å². The average molecular weight is 163 g/mol. The Morgan fingerprint density at radius 3 is 2.36 bits per heavy atom. The largest absolute Gasteiger partial charge is 0.394 e. The fourth-order valence-corrected chi connectivity index (χ4v) is 0.789. The Kier molecular flexibility index (Phi) is 4.97. The van der Waals surface area contributed by atoms with Gasteiger partial charge in [0.2, 0.25) is 0 Å². The zero-order chi connectivity index (χ0) is 8.85. The van der Waals surface area contributed by atoms with E-state index in [1.54, 1.807) is 0 Å². The first-order valence-corrected chi connectivity index (χ1v) is 3.27. The second kappa shape index (κ2) is 5.20. The average Bonchev–Trinajstić information content (AvgIpc) is 2.05. The van der Waals surface area contributed by atoms with Crippen LogP contribution in [-0.2, 0) is 4.79 Å². The van der Waals surface area contributed by atoms with Crippen molar-refractivity contribution in [3.63, 3.8) is 0 Å². The summed E-state index contributed by atoms with van der Waals surface area (Å²) in [6, 6.07) is -0.808. The topological polar surface area (TPSA) is 89.8 Å². The minimum Gasteiger partial charge on any atom is -0.394 e. The molecule has 0 aromatic carbocycles. The molecule has 0 aliphatic carbocycles. The quantitative estimate of drug-likeness (QED) is 0.336. The van der Waals surface area contributed by atoms with Gasteiger partial charge in [-0.1, -0.05) is 0 Å². The standard InChI is InChI=1S/C6H13NO4/c1-7-6(4(10)2-8)5(11)3-9/h2,4-7,9-11H,3H2,1H3/t4-,5+,6+/m0/s1. The van der Waals surface area contributed by atoms with Crippen LogP contribution in [0.15, 0.2) is 0 Å². The molecule has 0 aliphatic rings. The van der Waals surface area contributed by atoms with E-state index in [-0.39, 0.29) is 0 Å². The highest BCUT2D eigenvalue weighted by atomic mass is 16.3. The first-order valence-electron chi connectivity index (χ1n) is 3.27. The van der Waals surface area contributed by atoms with Crippen molar-refractivity contribution in [2.75, 3.05) is 13.7 Å². The van der Waals surface area contributed by atoms with Gasteiger partial charge in [0.1, 0.15) is 12.4 Å². The Bertz CT molecular complexity index is 119. The number of nitrogens with one attached hydrogen (secondary N) is 1. The number of likely N-dealkylation sites (N-methyl/N-ethyl adjacent to an activating group) is 1. The molecule has 0 aromatic rings. The zero-order valence-electron chi connectivity index (χ0n) is 6.27. The second-order valence-corrected chi connectivity index (χ2v) is 2.19. The number of carbonyl (C=O) groups is 1. The third-order valence-corrected chi connectivity index (χ3v) is 1.44. The molecule has 0 saturated carbocycles. The van der Waals surface area contributed by atoms with E-state index in [1.165, 1.54) is 7.05 Å². The fourth-order valence-electron chi connectivity index (χ4n) is 0.789. The molecule has 66 valence electrons. The van der Waals surface area contributed by atoms with E-state index >= 15 is 0 Å². The first kappa shape index (κ1) is 10.5. The molecule has 0 radical (unpaired) electrons. The fraction of sp³-hybridized carbons (Fsp3) is 0.833. The minimum atomic E-state index is -1.29. The maximum absolute atomic E-state index is 10.0. The molecule has 0 saturated heterocycles. The van der Waals surface area contributed by atoms with Crippen LogP contribution in [0.25, 0.3) is 0 Å². The van der Waals surface area contributed by atoms with Gasteiger partial charge in [-0.15, -0.1) is 0 Å². The van der Waals surface area contributed by atoms with Crippen LogP contribution >= 0.6 is 0 Å². The number of aliphatic hydroxyl groups is 3. The van der Waals surface area contributed by atoms with Crippen LogP contribution in [0.2, 0.25) is 0 Å². The predicted molar refractivity (Wildman–Crippen MR) is 38.0 cm³/mol. The van der Waals surface area contributed by atoms with E-state index in [0.29, 0.717) is 6.29 Å². The number of aliphatic hydroxyl groups excluding tert-OH is 3. The molecule has 0 unspecified atom stereocenters. The molecule has 0 amide bonds. The predicted octanol–water partition coefficient (Wildman–Crippen LogP) is -2.51. The Morgan fingerprint density at radius 2 is 2.09 bits per heavy atom. The number of rotatable bonds is 5. The lowest BCUT2D eigenvalue weighted by Crippen LogP contribution is -2.49. The summed E-state index contributed by atoms with van der Waals surface area (Å²) in [6.07, 6.45) is -2.11. The molecule has 5 heteroatoms. The van der Waals surface area contributed by atoms with Crippen molar-refractivity contribution < 1.29 is 20.1 Å². The normalized spacial score (nSPS) is 18.9.